The van der Waals surface area contributed by atoms with Gasteiger partial charge in [-0.15, -0.1) is 0 Å². The molecule has 1 aromatic heterocycles. The van der Waals surface area contributed by atoms with E-state index in [1.54, 1.807) is 6.20 Å². The first kappa shape index (κ1) is 13.0. The highest BCUT2D eigenvalue weighted by Crippen LogP contribution is 2.15. The summed E-state index contributed by atoms with van der Waals surface area (Å²) in [5, 5.41) is 12.5. The summed E-state index contributed by atoms with van der Waals surface area (Å²) in [7, 11) is 0. The van der Waals surface area contributed by atoms with Crippen molar-refractivity contribution in [1.82, 2.24) is 15.2 Å². The lowest BCUT2D eigenvalue weighted by Crippen LogP contribution is -2.37. The van der Waals surface area contributed by atoms with Crippen molar-refractivity contribution in [3.63, 3.8) is 0 Å². The highest BCUT2D eigenvalue weighted by Gasteiger charge is 2.22. The molecule has 1 aliphatic rings. The van der Waals surface area contributed by atoms with Crippen LogP contribution < -0.4 is 5.32 Å². The zero-order valence-corrected chi connectivity index (χ0v) is 10.9. The normalized spacial score (nSPS) is 19.1. The van der Waals surface area contributed by atoms with Crippen LogP contribution in [0.1, 0.15) is 31.0 Å². The van der Waals surface area contributed by atoms with Crippen LogP contribution in [-0.4, -0.2) is 35.6 Å². The largest absolute Gasteiger partial charge is 0.315 e. The van der Waals surface area contributed by atoms with E-state index in [1.807, 2.05) is 12.1 Å². The van der Waals surface area contributed by atoms with E-state index in [0.29, 0.717) is 11.7 Å². The molecule has 1 unspecified atom stereocenters. The van der Waals surface area contributed by atoms with Gasteiger partial charge in [-0.1, -0.05) is 13.0 Å². The second kappa shape index (κ2) is 6.48. The van der Waals surface area contributed by atoms with E-state index >= 15 is 0 Å². The molecule has 2 rings (SSSR count). The number of nitrogens with one attached hydrogen (secondary N) is 1. The number of aromatic nitrogens is 1. The van der Waals surface area contributed by atoms with Crippen molar-refractivity contribution in [1.29, 1.82) is 5.26 Å². The second-order valence-corrected chi connectivity index (χ2v) is 4.74. The minimum absolute atomic E-state index is 0.560. The van der Waals surface area contributed by atoms with Crippen molar-refractivity contribution >= 4 is 0 Å². The number of nitrogens with zero attached hydrogens (tertiary/aromatic N) is 3. The van der Waals surface area contributed by atoms with Crippen LogP contribution in [0.4, 0.5) is 0 Å². The third kappa shape index (κ3) is 3.06. The molecule has 1 saturated heterocycles. The SMILES string of the molecule is CCCN(Cc1cccnc1C#N)C1CCNC1. The quantitative estimate of drug-likeness (QED) is 0.853. The fourth-order valence-electron chi connectivity index (χ4n) is 2.51. The molecule has 96 valence electrons. The van der Waals surface area contributed by atoms with Crippen LogP contribution >= 0.6 is 0 Å². The Balaban J connectivity index is 2.10. The van der Waals surface area contributed by atoms with Crippen LogP contribution in [0.15, 0.2) is 18.3 Å². The smallest absolute Gasteiger partial charge is 0.144 e. The van der Waals surface area contributed by atoms with Crippen LogP contribution in [0.2, 0.25) is 0 Å². The number of hydrogen-bond acceptors (Lipinski definition) is 4. The fourth-order valence-corrected chi connectivity index (χ4v) is 2.51. The standard InChI is InChI=1S/C14H20N4/c1-2-8-18(13-5-7-16-10-13)11-12-4-3-6-17-14(12)9-15/h3-4,6,13,16H,2,5,7-8,10-11H2,1H3. The van der Waals surface area contributed by atoms with Gasteiger partial charge in [0.1, 0.15) is 11.8 Å². The minimum Gasteiger partial charge on any atom is -0.315 e. The number of hydrogen-bond donors (Lipinski definition) is 1. The summed E-state index contributed by atoms with van der Waals surface area (Å²) in [6.45, 7) is 6.26. The zero-order valence-electron chi connectivity index (χ0n) is 10.9. The number of pyridine rings is 1. The second-order valence-electron chi connectivity index (χ2n) is 4.74. The van der Waals surface area contributed by atoms with E-state index in [0.717, 1.165) is 38.2 Å². The highest BCUT2D eigenvalue weighted by molar-refractivity contribution is 5.30. The van der Waals surface area contributed by atoms with Crippen molar-refractivity contribution < 1.29 is 0 Å². The van der Waals surface area contributed by atoms with Crippen molar-refractivity contribution in [3.05, 3.63) is 29.6 Å². The van der Waals surface area contributed by atoms with Crippen molar-refractivity contribution in [2.45, 2.75) is 32.4 Å². The van der Waals surface area contributed by atoms with E-state index < -0.39 is 0 Å². The molecular formula is C14H20N4. The van der Waals surface area contributed by atoms with Crippen molar-refractivity contribution in [2.75, 3.05) is 19.6 Å². The average molecular weight is 244 g/mol. The first-order valence-corrected chi connectivity index (χ1v) is 6.64. The molecule has 0 radical (unpaired) electrons. The van der Waals surface area contributed by atoms with Crippen LogP contribution in [0.25, 0.3) is 0 Å². The molecule has 18 heavy (non-hydrogen) atoms. The number of rotatable bonds is 5. The topological polar surface area (TPSA) is 52.0 Å². The zero-order chi connectivity index (χ0) is 12.8. The molecule has 1 fully saturated rings. The molecule has 0 amide bonds. The molecule has 0 spiro atoms. The first-order chi connectivity index (χ1) is 8.85. The summed E-state index contributed by atoms with van der Waals surface area (Å²) in [5.74, 6) is 0. The lowest BCUT2D eigenvalue weighted by molar-refractivity contribution is 0.199. The Morgan fingerprint density at radius 1 is 1.61 bits per heavy atom. The molecule has 0 bridgehead atoms. The van der Waals surface area contributed by atoms with Gasteiger partial charge in [-0.05, 0) is 32.0 Å². The maximum atomic E-state index is 9.08. The molecule has 1 aliphatic heterocycles. The Hall–Kier alpha value is -1.44. The van der Waals surface area contributed by atoms with Crippen LogP contribution in [-0.2, 0) is 6.54 Å². The summed E-state index contributed by atoms with van der Waals surface area (Å²) in [4.78, 5) is 6.60. The lowest BCUT2D eigenvalue weighted by atomic mass is 10.1. The molecule has 1 aromatic rings. The molecule has 0 aromatic carbocycles. The molecule has 2 heterocycles. The maximum absolute atomic E-state index is 9.08. The maximum Gasteiger partial charge on any atom is 0.144 e. The van der Waals surface area contributed by atoms with Gasteiger partial charge in [0.15, 0.2) is 0 Å². The van der Waals surface area contributed by atoms with Crippen molar-refractivity contribution in [3.8, 4) is 6.07 Å². The van der Waals surface area contributed by atoms with Gasteiger partial charge >= 0.3 is 0 Å². The predicted molar refractivity (Wildman–Crippen MR) is 70.9 cm³/mol. The predicted octanol–water partition coefficient (Wildman–Crippen LogP) is 1.53. The molecule has 4 heteroatoms. The van der Waals surface area contributed by atoms with Gasteiger partial charge in [0.25, 0.3) is 0 Å². The summed E-state index contributed by atoms with van der Waals surface area (Å²) in [5.41, 5.74) is 1.60. The van der Waals surface area contributed by atoms with Gasteiger partial charge in [0.2, 0.25) is 0 Å². The Labute approximate surface area is 109 Å². The van der Waals surface area contributed by atoms with Crippen LogP contribution in [0.3, 0.4) is 0 Å². The Morgan fingerprint density at radius 2 is 2.50 bits per heavy atom. The summed E-state index contributed by atoms with van der Waals surface area (Å²) >= 11 is 0. The van der Waals surface area contributed by atoms with Crippen LogP contribution in [0.5, 0.6) is 0 Å². The van der Waals surface area contributed by atoms with E-state index in [9.17, 15) is 0 Å². The van der Waals surface area contributed by atoms with E-state index in [2.05, 4.69) is 28.2 Å². The van der Waals surface area contributed by atoms with Crippen LogP contribution in [0, 0.1) is 11.3 Å². The Bertz CT molecular complexity index is 418. The molecule has 0 aliphatic carbocycles. The average Bonchev–Trinajstić information content (AvgIpc) is 2.92. The summed E-state index contributed by atoms with van der Waals surface area (Å²) in [6, 6.07) is 6.69. The molecule has 4 nitrogen and oxygen atoms in total. The third-order valence-corrected chi connectivity index (χ3v) is 3.43. The van der Waals surface area contributed by atoms with Gasteiger partial charge < -0.3 is 5.32 Å². The van der Waals surface area contributed by atoms with Gasteiger partial charge in [-0.25, -0.2) is 4.98 Å². The highest BCUT2D eigenvalue weighted by atomic mass is 15.2. The minimum atomic E-state index is 0.560. The van der Waals surface area contributed by atoms with E-state index in [-0.39, 0.29) is 0 Å². The Morgan fingerprint density at radius 3 is 3.17 bits per heavy atom. The van der Waals surface area contributed by atoms with Gasteiger partial charge in [-0.2, -0.15) is 5.26 Å². The Kier molecular flexibility index (Phi) is 4.68. The molecular weight excluding hydrogens is 224 g/mol. The van der Waals surface area contributed by atoms with E-state index in [4.69, 9.17) is 5.26 Å². The summed E-state index contributed by atoms with van der Waals surface area (Å²) in [6.07, 6.45) is 4.02. The van der Waals surface area contributed by atoms with Gasteiger partial charge in [0, 0.05) is 30.9 Å². The van der Waals surface area contributed by atoms with Gasteiger partial charge in [-0.3, -0.25) is 4.90 Å². The molecule has 0 saturated carbocycles. The lowest BCUT2D eigenvalue weighted by Gasteiger charge is -2.28. The molecule has 1 N–H and O–H groups in total. The fraction of sp³-hybridized carbons (Fsp3) is 0.571. The first-order valence-electron chi connectivity index (χ1n) is 6.64. The van der Waals surface area contributed by atoms with Gasteiger partial charge in [0.05, 0.1) is 0 Å². The third-order valence-electron chi connectivity index (χ3n) is 3.43. The van der Waals surface area contributed by atoms with E-state index in [1.165, 1.54) is 6.42 Å². The molecule has 1 atom stereocenters. The monoisotopic (exact) mass is 244 g/mol. The number of nitriles is 1. The summed E-state index contributed by atoms with van der Waals surface area (Å²) < 4.78 is 0. The van der Waals surface area contributed by atoms with Crippen molar-refractivity contribution in [2.24, 2.45) is 0 Å².